The number of carboxylic acids is 1. The third kappa shape index (κ3) is 5.89. The Kier molecular flexibility index (Phi) is 7.60. The van der Waals surface area contributed by atoms with Crippen LogP contribution in [-0.2, 0) is 17.8 Å². The van der Waals surface area contributed by atoms with Crippen LogP contribution in [0, 0.1) is 12.8 Å². The van der Waals surface area contributed by atoms with Crippen molar-refractivity contribution in [2.45, 2.75) is 50.9 Å². The van der Waals surface area contributed by atoms with Crippen molar-refractivity contribution < 1.29 is 24.9 Å². The largest absolute Gasteiger partial charge is 0.478 e. The highest BCUT2D eigenvalue weighted by molar-refractivity contribution is 7.11. The molecule has 3 aromatic rings. The number of aryl methyl sites for hydroxylation is 1. The van der Waals surface area contributed by atoms with Crippen molar-refractivity contribution in [3.05, 3.63) is 92.7 Å². The molecule has 5 nitrogen and oxygen atoms in total. The highest BCUT2D eigenvalue weighted by atomic mass is 32.1. The van der Waals surface area contributed by atoms with Crippen molar-refractivity contribution >= 4 is 17.3 Å². The number of aromatic carboxylic acids is 1. The number of aliphatic hydroxyl groups is 2. The minimum atomic E-state index is -0.956. The second-order valence-electron chi connectivity index (χ2n) is 8.83. The molecular formula is C27H30O5S. The summed E-state index contributed by atoms with van der Waals surface area (Å²) in [5.41, 5.74) is 3.09. The number of rotatable bonds is 9. The van der Waals surface area contributed by atoms with Gasteiger partial charge in [0.15, 0.2) is 0 Å². The van der Waals surface area contributed by atoms with Crippen molar-refractivity contribution in [3.8, 4) is 0 Å². The lowest BCUT2D eigenvalue weighted by atomic mass is 9.87. The first kappa shape index (κ1) is 23.6. The molecule has 1 aromatic heterocycles. The zero-order valence-electron chi connectivity index (χ0n) is 18.7. The van der Waals surface area contributed by atoms with Gasteiger partial charge in [0.25, 0.3) is 0 Å². The molecule has 0 aliphatic heterocycles. The predicted molar refractivity (Wildman–Crippen MR) is 129 cm³/mol. The van der Waals surface area contributed by atoms with Crippen LogP contribution in [0.1, 0.15) is 61.7 Å². The molecule has 2 aromatic carbocycles. The van der Waals surface area contributed by atoms with Crippen LogP contribution in [0.3, 0.4) is 0 Å². The van der Waals surface area contributed by atoms with E-state index in [1.54, 1.807) is 29.5 Å². The van der Waals surface area contributed by atoms with Gasteiger partial charge in [0, 0.05) is 22.1 Å². The summed E-state index contributed by atoms with van der Waals surface area (Å²) in [7, 11) is 0. The molecule has 0 bridgehead atoms. The summed E-state index contributed by atoms with van der Waals surface area (Å²) >= 11 is 1.71. The first-order valence-corrected chi connectivity index (χ1v) is 12.1. The number of carboxylic acid groups (broad SMARTS) is 1. The summed E-state index contributed by atoms with van der Waals surface area (Å²) in [6.45, 7) is 2.79. The van der Waals surface area contributed by atoms with Crippen LogP contribution in [0.5, 0.6) is 0 Å². The lowest BCUT2D eigenvalue weighted by Crippen LogP contribution is -2.23. The Hall–Kier alpha value is -2.51. The van der Waals surface area contributed by atoms with Crippen LogP contribution in [0.15, 0.2) is 60.7 Å². The quantitative estimate of drug-likeness (QED) is 0.408. The molecule has 4 rings (SSSR count). The van der Waals surface area contributed by atoms with E-state index in [4.69, 9.17) is 9.84 Å². The molecule has 3 N–H and O–H groups in total. The highest BCUT2D eigenvalue weighted by Gasteiger charge is 2.36. The summed E-state index contributed by atoms with van der Waals surface area (Å²) in [6, 6.07) is 19.0. The van der Waals surface area contributed by atoms with E-state index in [2.05, 4.69) is 31.2 Å². The van der Waals surface area contributed by atoms with Crippen molar-refractivity contribution in [2.75, 3.05) is 6.61 Å². The van der Waals surface area contributed by atoms with E-state index in [1.807, 2.05) is 18.2 Å². The van der Waals surface area contributed by atoms with E-state index in [0.717, 1.165) is 29.5 Å². The molecule has 0 radical (unpaired) electrons. The topological polar surface area (TPSA) is 87.0 Å². The van der Waals surface area contributed by atoms with Crippen LogP contribution in [0.4, 0.5) is 0 Å². The van der Waals surface area contributed by atoms with Crippen molar-refractivity contribution in [1.29, 1.82) is 0 Å². The summed E-state index contributed by atoms with van der Waals surface area (Å²) in [4.78, 5) is 13.6. The normalized spacial score (nSPS) is 21.2. The van der Waals surface area contributed by atoms with E-state index in [9.17, 15) is 15.0 Å². The van der Waals surface area contributed by atoms with Gasteiger partial charge in [-0.3, -0.25) is 0 Å². The van der Waals surface area contributed by atoms with E-state index < -0.39 is 18.2 Å². The number of ether oxygens (including phenoxy) is 1. The maximum atomic E-state index is 11.1. The molecule has 0 spiro atoms. The Morgan fingerprint density at radius 1 is 1.12 bits per heavy atom. The second kappa shape index (κ2) is 10.6. The molecule has 1 aliphatic carbocycles. The second-order valence-corrected chi connectivity index (χ2v) is 10.2. The Morgan fingerprint density at radius 3 is 2.61 bits per heavy atom. The molecule has 1 aliphatic rings. The fraction of sp³-hybridized carbons (Fsp3) is 0.370. The van der Waals surface area contributed by atoms with Crippen LogP contribution in [0.2, 0.25) is 0 Å². The van der Waals surface area contributed by atoms with E-state index in [1.165, 1.54) is 9.75 Å². The Labute approximate surface area is 198 Å². The number of hydrogen-bond acceptors (Lipinski definition) is 5. The van der Waals surface area contributed by atoms with Crippen molar-refractivity contribution in [3.63, 3.8) is 0 Å². The van der Waals surface area contributed by atoms with Gasteiger partial charge in [-0.1, -0.05) is 36.4 Å². The third-order valence-electron chi connectivity index (χ3n) is 6.48. The SMILES string of the molecule is Cc1ccc(CC(O)c2ccc(C3CCC(O)C3COCc3cccc(C(=O)O)c3)cc2)s1. The highest BCUT2D eigenvalue weighted by Crippen LogP contribution is 2.40. The molecule has 0 saturated heterocycles. The monoisotopic (exact) mass is 466 g/mol. The van der Waals surface area contributed by atoms with Gasteiger partial charge in [-0.15, -0.1) is 11.3 Å². The molecule has 4 unspecified atom stereocenters. The average molecular weight is 467 g/mol. The Bertz CT molecular complexity index is 1070. The van der Waals surface area contributed by atoms with Gasteiger partial charge in [-0.2, -0.15) is 0 Å². The van der Waals surface area contributed by atoms with E-state index in [0.29, 0.717) is 19.6 Å². The molecule has 1 heterocycles. The summed E-state index contributed by atoms with van der Waals surface area (Å²) < 4.78 is 5.90. The minimum absolute atomic E-state index is 0.0162. The first-order chi connectivity index (χ1) is 15.9. The minimum Gasteiger partial charge on any atom is -0.478 e. The van der Waals surface area contributed by atoms with Crippen LogP contribution in [-0.4, -0.2) is 34.0 Å². The number of aliphatic hydroxyl groups excluding tert-OH is 2. The smallest absolute Gasteiger partial charge is 0.335 e. The van der Waals surface area contributed by atoms with Crippen LogP contribution in [0.25, 0.3) is 0 Å². The van der Waals surface area contributed by atoms with Crippen molar-refractivity contribution in [1.82, 2.24) is 0 Å². The zero-order valence-corrected chi connectivity index (χ0v) is 19.5. The van der Waals surface area contributed by atoms with Gasteiger partial charge in [-0.25, -0.2) is 4.79 Å². The van der Waals surface area contributed by atoms with Crippen LogP contribution >= 0.6 is 11.3 Å². The lowest BCUT2D eigenvalue weighted by Gasteiger charge is -2.23. The summed E-state index contributed by atoms with van der Waals surface area (Å²) in [5.74, 6) is -0.781. The molecule has 1 fully saturated rings. The Morgan fingerprint density at radius 2 is 1.91 bits per heavy atom. The molecule has 1 saturated carbocycles. The van der Waals surface area contributed by atoms with Gasteiger partial charge in [0.1, 0.15) is 0 Å². The first-order valence-electron chi connectivity index (χ1n) is 11.3. The lowest BCUT2D eigenvalue weighted by molar-refractivity contribution is 0.0311. The number of carbonyl (C=O) groups is 1. The predicted octanol–water partition coefficient (Wildman–Crippen LogP) is 5.10. The molecule has 33 heavy (non-hydrogen) atoms. The zero-order chi connectivity index (χ0) is 23.4. The third-order valence-corrected chi connectivity index (χ3v) is 7.50. The van der Waals surface area contributed by atoms with Gasteiger partial charge >= 0.3 is 5.97 Å². The summed E-state index contributed by atoms with van der Waals surface area (Å²) in [6.07, 6.45) is 1.27. The van der Waals surface area contributed by atoms with Crippen molar-refractivity contribution in [2.24, 2.45) is 5.92 Å². The molecule has 6 heteroatoms. The maximum absolute atomic E-state index is 11.1. The van der Waals surface area contributed by atoms with Crippen LogP contribution < -0.4 is 0 Å². The molecule has 0 amide bonds. The van der Waals surface area contributed by atoms with E-state index >= 15 is 0 Å². The molecular weight excluding hydrogens is 436 g/mol. The van der Waals surface area contributed by atoms with Gasteiger partial charge < -0.3 is 20.1 Å². The van der Waals surface area contributed by atoms with E-state index in [-0.39, 0.29) is 17.4 Å². The number of thiophene rings is 1. The summed E-state index contributed by atoms with van der Waals surface area (Å²) in [5, 5.41) is 30.3. The Balaban J connectivity index is 1.36. The van der Waals surface area contributed by atoms with Gasteiger partial charge in [0.2, 0.25) is 0 Å². The van der Waals surface area contributed by atoms with Gasteiger partial charge in [0.05, 0.1) is 31.0 Å². The number of hydrogen-bond donors (Lipinski definition) is 3. The van der Waals surface area contributed by atoms with Gasteiger partial charge in [-0.05, 0) is 66.6 Å². The average Bonchev–Trinajstić information content (AvgIpc) is 3.39. The fourth-order valence-corrected chi connectivity index (χ4v) is 5.59. The maximum Gasteiger partial charge on any atom is 0.335 e. The number of benzene rings is 2. The molecule has 174 valence electrons. The molecule has 4 atom stereocenters. The fourth-order valence-electron chi connectivity index (χ4n) is 4.66. The standard InChI is InChI=1S/C27H30O5S/c1-17-5-10-22(33-17)14-26(29)20-8-6-19(7-9-20)23-11-12-25(28)24(23)16-32-15-18-3-2-4-21(13-18)27(30)31/h2-10,13,23-26,28-29H,11-12,14-16H2,1H3,(H,30,31).